The molecule has 0 saturated carbocycles. The first kappa shape index (κ1) is 17.4. The van der Waals surface area contributed by atoms with E-state index in [2.05, 4.69) is 31.1 Å². The van der Waals surface area contributed by atoms with E-state index in [0.717, 1.165) is 29.6 Å². The molecule has 0 spiro atoms. The first-order valence-electron chi connectivity index (χ1n) is 8.81. The number of aromatic nitrogens is 4. The van der Waals surface area contributed by atoms with Crippen molar-refractivity contribution in [2.24, 2.45) is 0 Å². The molecule has 0 radical (unpaired) electrons. The number of benzene rings is 1. The number of para-hydroxylation sites is 2. The van der Waals surface area contributed by atoms with E-state index >= 15 is 0 Å². The summed E-state index contributed by atoms with van der Waals surface area (Å²) in [5.74, 6) is 1.04. The highest BCUT2D eigenvalue weighted by Gasteiger charge is 2.11. The van der Waals surface area contributed by atoms with Gasteiger partial charge in [-0.15, -0.1) is 0 Å². The molecule has 3 heterocycles. The zero-order chi connectivity index (χ0) is 18.5. The minimum atomic E-state index is -0.0132. The molecule has 8 heteroatoms. The normalized spacial score (nSPS) is 11.1. The number of nitrogens with zero attached hydrogens (tertiary/aromatic N) is 4. The molecule has 0 unspecified atom stereocenters. The lowest BCUT2D eigenvalue weighted by molar-refractivity contribution is -0.121. The Morgan fingerprint density at radius 3 is 3.07 bits per heavy atom. The summed E-state index contributed by atoms with van der Waals surface area (Å²) in [6, 6.07) is 9.97. The van der Waals surface area contributed by atoms with Crippen molar-refractivity contribution in [1.82, 2.24) is 25.0 Å². The van der Waals surface area contributed by atoms with Crippen LogP contribution in [0.15, 0.2) is 51.9 Å². The van der Waals surface area contributed by atoms with Crippen LogP contribution >= 0.6 is 11.3 Å². The Morgan fingerprint density at radius 2 is 2.19 bits per heavy atom. The predicted molar refractivity (Wildman–Crippen MR) is 103 cm³/mol. The van der Waals surface area contributed by atoms with Crippen LogP contribution in [0.3, 0.4) is 0 Å². The molecule has 1 aromatic carbocycles. The van der Waals surface area contributed by atoms with Crippen LogP contribution in [0.25, 0.3) is 22.4 Å². The molecule has 3 aromatic heterocycles. The summed E-state index contributed by atoms with van der Waals surface area (Å²) in [5, 5.41) is 10.8. The topological polar surface area (TPSA) is 85.8 Å². The predicted octanol–water partition coefficient (Wildman–Crippen LogP) is 3.29. The van der Waals surface area contributed by atoms with Gasteiger partial charge in [0.25, 0.3) is 0 Å². The highest BCUT2D eigenvalue weighted by molar-refractivity contribution is 7.08. The van der Waals surface area contributed by atoms with Gasteiger partial charge in [-0.1, -0.05) is 17.3 Å². The van der Waals surface area contributed by atoms with Crippen LogP contribution in [-0.4, -0.2) is 32.1 Å². The summed E-state index contributed by atoms with van der Waals surface area (Å²) in [6.07, 6.45) is 3.45. The second-order valence-corrected chi connectivity index (χ2v) is 6.93. The van der Waals surface area contributed by atoms with Gasteiger partial charge in [0.2, 0.25) is 17.6 Å². The molecule has 0 bridgehead atoms. The minimum absolute atomic E-state index is 0.0132. The van der Waals surface area contributed by atoms with Gasteiger partial charge in [-0.25, -0.2) is 4.98 Å². The molecule has 1 amide bonds. The van der Waals surface area contributed by atoms with Crippen LogP contribution in [0.1, 0.15) is 18.7 Å². The SMILES string of the molecule is O=C(CCc1nc(-c2ccsc2)no1)NCCCn1cnc2ccccc21. The van der Waals surface area contributed by atoms with Crippen molar-refractivity contribution in [1.29, 1.82) is 0 Å². The van der Waals surface area contributed by atoms with Gasteiger partial charge >= 0.3 is 0 Å². The number of thiophene rings is 1. The van der Waals surface area contributed by atoms with Gasteiger partial charge < -0.3 is 14.4 Å². The number of nitrogens with one attached hydrogen (secondary N) is 1. The van der Waals surface area contributed by atoms with Crippen molar-refractivity contribution in [2.45, 2.75) is 25.8 Å². The van der Waals surface area contributed by atoms with Gasteiger partial charge in [0, 0.05) is 36.9 Å². The molecular weight excluding hydrogens is 362 g/mol. The van der Waals surface area contributed by atoms with Crippen molar-refractivity contribution in [2.75, 3.05) is 6.54 Å². The van der Waals surface area contributed by atoms with Crippen LogP contribution in [0, 0.1) is 0 Å². The second kappa shape index (κ2) is 8.13. The Balaban J connectivity index is 1.19. The van der Waals surface area contributed by atoms with Crippen LogP contribution in [0.5, 0.6) is 0 Å². The standard InChI is InChI=1S/C19H19N5O2S/c25-17(6-7-18-22-19(23-26-18)14-8-11-27-12-14)20-9-3-10-24-13-21-15-4-1-2-5-16(15)24/h1-2,4-5,8,11-13H,3,6-7,9-10H2,(H,20,25). The number of carbonyl (C=O) groups is 1. The maximum atomic E-state index is 12.0. The van der Waals surface area contributed by atoms with E-state index in [1.807, 2.05) is 41.4 Å². The summed E-state index contributed by atoms with van der Waals surface area (Å²) in [5.41, 5.74) is 3.04. The van der Waals surface area contributed by atoms with Gasteiger partial charge in [0.05, 0.1) is 17.4 Å². The molecule has 0 aliphatic rings. The molecule has 0 saturated heterocycles. The average Bonchev–Trinajstić information content (AvgIpc) is 3.44. The second-order valence-electron chi connectivity index (χ2n) is 6.15. The average molecular weight is 381 g/mol. The van der Waals surface area contributed by atoms with Gasteiger partial charge in [-0.05, 0) is 30.0 Å². The minimum Gasteiger partial charge on any atom is -0.356 e. The van der Waals surface area contributed by atoms with E-state index in [0.29, 0.717) is 31.1 Å². The monoisotopic (exact) mass is 381 g/mol. The third-order valence-electron chi connectivity index (χ3n) is 4.24. The van der Waals surface area contributed by atoms with Crippen molar-refractivity contribution in [3.63, 3.8) is 0 Å². The van der Waals surface area contributed by atoms with Gasteiger partial charge in [0.15, 0.2) is 0 Å². The molecule has 4 rings (SSSR count). The number of imidazole rings is 1. The molecule has 138 valence electrons. The lowest BCUT2D eigenvalue weighted by Gasteiger charge is -2.06. The zero-order valence-electron chi connectivity index (χ0n) is 14.7. The summed E-state index contributed by atoms with van der Waals surface area (Å²) < 4.78 is 7.31. The number of fused-ring (bicyclic) bond motifs is 1. The Labute approximate surface area is 160 Å². The lowest BCUT2D eigenvalue weighted by Crippen LogP contribution is -2.25. The summed E-state index contributed by atoms with van der Waals surface area (Å²) in [4.78, 5) is 20.7. The Morgan fingerprint density at radius 1 is 1.26 bits per heavy atom. The third kappa shape index (κ3) is 4.22. The number of aryl methyl sites for hydroxylation is 2. The van der Waals surface area contributed by atoms with Crippen LogP contribution in [0.2, 0.25) is 0 Å². The Hall–Kier alpha value is -3.00. The summed E-state index contributed by atoms with van der Waals surface area (Å²) in [7, 11) is 0. The van der Waals surface area contributed by atoms with Gasteiger partial charge in [-0.3, -0.25) is 4.79 Å². The molecular formula is C19H19N5O2S. The Bertz CT molecular complexity index is 1020. The third-order valence-corrected chi connectivity index (χ3v) is 4.92. The van der Waals surface area contributed by atoms with E-state index in [1.165, 1.54) is 0 Å². The van der Waals surface area contributed by atoms with E-state index in [4.69, 9.17) is 4.52 Å². The van der Waals surface area contributed by atoms with E-state index in [1.54, 1.807) is 11.3 Å². The van der Waals surface area contributed by atoms with Crippen LogP contribution in [0.4, 0.5) is 0 Å². The highest BCUT2D eigenvalue weighted by Crippen LogP contribution is 2.19. The highest BCUT2D eigenvalue weighted by atomic mass is 32.1. The van der Waals surface area contributed by atoms with Crippen LogP contribution < -0.4 is 5.32 Å². The fourth-order valence-corrected chi connectivity index (χ4v) is 3.47. The lowest BCUT2D eigenvalue weighted by atomic mass is 10.3. The Kier molecular flexibility index (Phi) is 5.24. The van der Waals surface area contributed by atoms with Crippen molar-refractivity contribution in [3.05, 3.63) is 53.3 Å². The fraction of sp³-hybridized carbons (Fsp3) is 0.263. The van der Waals surface area contributed by atoms with E-state index in [-0.39, 0.29) is 5.91 Å². The quantitative estimate of drug-likeness (QED) is 0.473. The molecule has 0 aliphatic carbocycles. The molecule has 0 atom stereocenters. The first-order chi connectivity index (χ1) is 13.3. The first-order valence-corrected chi connectivity index (χ1v) is 9.75. The number of carbonyl (C=O) groups excluding carboxylic acids is 1. The fourth-order valence-electron chi connectivity index (χ4n) is 2.84. The van der Waals surface area contributed by atoms with Crippen LogP contribution in [-0.2, 0) is 17.8 Å². The van der Waals surface area contributed by atoms with E-state index < -0.39 is 0 Å². The molecule has 7 nitrogen and oxygen atoms in total. The largest absolute Gasteiger partial charge is 0.356 e. The maximum Gasteiger partial charge on any atom is 0.227 e. The molecule has 4 aromatic rings. The van der Waals surface area contributed by atoms with Crippen molar-refractivity contribution >= 4 is 28.3 Å². The molecule has 0 aliphatic heterocycles. The maximum absolute atomic E-state index is 12.0. The van der Waals surface area contributed by atoms with E-state index in [9.17, 15) is 4.79 Å². The molecule has 27 heavy (non-hydrogen) atoms. The number of hydrogen-bond donors (Lipinski definition) is 1. The summed E-state index contributed by atoms with van der Waals surface area (Å²) >= 11 is 1.58. The van der Waals surface area contributed by atoms with Gasteiger partial charge in [-0.2, -0.15) is 16.3 Å². The number of amides is 1. The number of rotatable bonds is 8. The van der Waals surface area contributed by atoms with Crippen molar-refractivity contribution < 1.29 is 9.32 Å². The molecule has 0 fully saturated rings. The van der Waals surface area contributed by atoms with Gasteiger partial charge in [0.1, 0.15) is 0 Å². The number of hydrogen-bond acceptors (Lipinski definition) is 6. The smallest absolute Gasteiger partial charge is 0.227 e. The zero-order valence-corrected chi connectivity index (χ0v) is 15.5. The summed E-state index contributed by atoms with van der Waals surface area (Å²) in [6.45, 7) is 1.43. The molecule has 1 N–H and O–H groups in total. The van der Waals surface area contributed by atoms with Crippen molar-refractivity contribution in [3.8, 4) is 11.4 Å².